The Morgan fingerprint density at radius 2 is 2.29 bits per heavy atom. The minimum Gasteiger partial charge on any atom is -0.465 e. The summed E-state index contributed by atoms with van der Waals surface area (Å²) in [6.45, 7) is 3.72. The van der Waals surface area contributed by atoms with Gasteiger partial charge in [-0.1, -0.05) is 18.3 Å². The lowest BCUT2D eigenvalue weighted by Gasteiger charge is -2.04. The topological polar surface area (TPSA) is 97.9 Å². The number of furan rings is 1. The molecule has 124 valence electrons. The zero-order valence-corrected chi connectivity index (χ0v) is 13.6. The van der Waals surface area contributed by atoms with Crippen molar-refractivity contribution in [1.29, 1.82) is 0 Å². The summed E-state index contributed by atoms with van der Waals surface area (Å²) in [6.07, 6.45) is 3.22. The molecule has 0 spiro atoms. The maximum Gasteiger partial charge on any atom is 0.275 e. The third kappa shape index (κ3) is 3.35. The van der Waals surface area contributed by atoms with E-state index < -0.39 is 11.8 Å². The average Bonchev–Trinajstić information content (AvgIpc) is 3.25. The third-order valence-corrected chi connectivity index (χ3v) is 4.01. The first-order valence-electron chi connectivity index (χ1n) is 6.91. The molecule has 9 heteroatoms. The van der Waals surface area contributed by atoms with Crippen LogP contribution in [0.2, 0.25) is 0 Å². The molecule has 1 aliphatic heterocycles. The number of hydrogen-bond acceptors (Lipinski definition) is 7. The van der Waals surface area contributed by atoms with E-state index in [9.17, 15) is 9.59 Å². The summed E-state index contributed by atoms with van der Waals surface area (Å²) in [5.41, 5.74) is 3.56. The fourth-order valence-electron chi connectivity index (χ4n) is 2.00. The number of aryl methyl sites for hydroxylation is 1. The van der Waals surface area contributed by atoms with Crippen molar-refractivity contribution in [3.63, 3.8) is 0 Å². The minimum absolute atomic E-state index is 0.00737. The van der Waals surface area contributed by atoms with Crippen LogP contribution >= 0.6 is 11.8 Å². The maximum atomic E-state index is 11.9. The highest BCUT2D eigenvalue weighted by Crippen LogP contribution is 2.13. The Morgan fingerprint density at radius 3 is 2.96 bits per heavy atom. The molecule has 0 unspecified atom stereocenters. The molecule has 0 fully saturated rings. The second-order valence-corrected chi connectivity index (χ2v) is 5.78. The number of imide groups is 1. The van der Waals surface area contributed by atoms with Crippen molar-refractivity contribution in [2.45, 2.75) is 0 Å². The predicted octanol–water partition coefficient (Wildman–Crippen LogP) is -0.325. The van der Waals surface area contributed by atoms with Gasteiger partial charge in [-0.25, -0.2) is 5.43 Å². The molecule has 24 heavy (non-hydrogen) atoms. The fraction of sp³-hybridized carbons (Fsp3) is 0.133. The molecule has 0 atom stereocenters. The van der Waals surface area contributed by atoms with Crippen molar-refractivity contribution in [1.82, 2.24) is 15.3 Å². The number of carbonyl (C=O) groups excluding carboxylic acids is 2. The molecule has 8 nitrogen and oxygen atoms in total. The standard InChI is InChI=1S/C15H14N4O4S/c1-9-10(5-7-22-9)14-17-18-15(23-14)24-8-12(20)16-13(21)11-4-3-6-19(11)2/h3-7,17H,1,8H2,2H3,(H,16,20,21). The van der Waals surface area contributed by atoms with E-state index >= 15 is 0 Å². The lowest BCUT2D eigenvalue weighted by Crippen LogP contribution is -2.33. The highest BCUT2D eigenvalue weighted by Gasteiger charge is 2.18. The number of amides is 2. The molecule has 0 aromatic carbocycles. The molecule has 0 aliphatic carbocycles. The van der Waals surface area contributed by atoms with Crippen molar-refractivity contribution in [2.24, 2.45) is 12.1 Å². The van der Waals surface area contributed by atoms with Gasteiger partial charge in [0.2, 0.25) is 11.8 Å². The van der Waals surface area contributed by atoms with Gasteiger partial charge in [0.1, 0.15) is 11.1 Å². The van der Waals surface area contributed by atoms with E-state index in [0.717, 1.165) is 11.8 Å². The second-order valence-electron chi connectivity index (χ2n) is 4.85. The first-order valence-corrected chi connectivity index (χ1v) is 7.90. The lowest BCUT2D eigenvalue weighted by atomic mass is 10.4. The van der Waals surface area contributed by atoms with Gasteiger partial charge in [-0.05, 0) is 18.2 Å². The Balaban J connectivity index is 1.53. The summed E-state index contributed by atoms with van der Waals surface area (Å²) in [4.78, 5) is 23.8. The van der Waals surface area contributed by atoms with Gasteiger partial charge in [-0.15, -0.1) is 5.10 Å². The Labute approximate surface area is 140 Å². The fourth-order valence-corrected chi connectivity index (χ4v) is 2.58. The van der Waals surface area contributed by atoms with Crippen LogP contribution in [0.1, 0.15) is 10.5 Å². The van der Waals surface area contributed by atoms with Crippen LogP contribution in [0.3, 0.4) is 0 Å². The largest absolute Gasteiger partial charge is 0.465 e. The number of aromatic nitrogens is 1. The first-order chi connectivity index (χ1) is 11.5. The Bertz CT molecular complexity index is 927. The molecule has 0 radical (unpaired) electrons. The van der Waals surface area contributed by atoms with Crippen molar-refractivity contribution in [3.8, 4) is 0 Å². The van der Waals surface area contributed by atoms with Crippen molar-refractivity contribution in [3.05, 3.63) is 47.0 Å². The van der Waals surface area contributed by atoms with Crippen LogP contribution in [0.15, 0.2) is 40.2 Å². The summed E-state index contributed by atoms with van der Waals surface area (Å²) in [7, 11) is 1.73. The van der Waals surface area contributed by atoms with E-state index in [4.69, 9.17) is 9.15 Å². The predicted molar refractivity (Wildman–Crippen MR) is 88.9 cm³/mol. The van der Waals surface area contributed by atoms with Gasteiger partial charge in [-0.2, -0.15) is 0 Å². The summed E-state index contributed by atoms with van der Waals surface area (Å²) >= 11 is 1.06. The van der Waals surface area contributed by atoms with Crippen molar-refractivity contribution >= 4 is 41.3 Å². The molecule has 3 heterocycles. The van der Waals surface area contributed by atoms with Crippen LogP contribution < -0.4 is 21.4 Å². The van der Waals surface area contributed by atoms with Gasteiger partial charge in [0, 0.05) is 13.2 Å². The summed E-state index contributed by atoms with van der Waals surface area (Å²) in [6, 6.07) is 5.05. The molecule has 2 aromatic rings. The lowest BCUT2D eigenvalue weighted by molar-refractivity contribution is -0.117. The normalized spacial score (nSPS) is 15.5. The molecule has 0 saturated heterocycles. The Morgan fingerprint density at radius 1 is 1.46 bits per heavy atom. The van der Waals surface area contributed by atoms with Crippen LogP contribution in [0.5, 0.6) is 0 Å². The van der Waals surface area contributed by atoms with Crippen LogP contribution in [0.4, 0.5) is 0 Å². The van der Waals surface area contributed by atoms with Gasteiger partial charge in [-0.3, -0.25) is 14.9 Å². The highest BCUT2D eigenvalue weighted by atomic mass is 32.2. The maximum absolute atomic E-state index is 11.9. The van der Waals surface area contributed by atoms with E-state index in [1.54, 1.807) is 36.0 Å². The average molecular weight is 346 g/mol. The smallest absolute Gasteiger partial charge is 0.275 e. The quantitative estimate of drug-likeness (QED) is 0.790. The number of thioether (sulfide) groups is 1. The monoisotopic (exact) mass is 346 g/mol. The number of nitrogens with one attached hydrogen (secondary N) is 2. The van der Waals surface area contributed by atoms with E-state index in [1.165, 1.54) is 6.26 Å². The van der Waals surface area contributed by atoms with Gasteiger partial charge >= 0.3 is 0 Å². The van der Waals surface area contributed by atoms with E-state index in [1.807, 2.05) is 0 Å². The molecular formula is C15H14N4O4S. The Hall–Kier alpha value is -2.94. The molecular weight excluding hydrogens is 332 g/mol. The zero-order chi connectivity index (χ0) is 17.1. The van der Waals surface area contributed by atoms with Gasteiger partial charge in [0.25, 0.3) is 11.1 Å². The number of ether oxygens (including phenoxy) is 1. The van der Waals surface area contributed by atoms with E-state index in [0.29, 0.717) is 22.2 Å². The summed E-state index contributed by atoms with van der Waals surface area (Å²) in [5, 5.41) is 7.19. The van der Waals surface area contributed by atoms with Gasteiger partial charge in [0.05, 0.1) is 17.2 Å². The van der Waals surface area contributed by atoms with Crippen LogP contribution in [-0.2, 0) is 16.6 Å². The van der Waals surface area contributed by atoms with E-state index in [-0.39, 0.29) is 11.0 Å². The molecule has 2 N–H and O–H groups in total. The van der Waals surface area contributed by atoms with E-state index in [2.05, 4.69) is 22.4 Å². The van der Waals surface area contributed by atoms with Gasteiger partial charge < -0.3 is 13.7 Å². The van der Waals surface area contributed by atoms with Crippen LogP contribution in [0.25, 0.3) is 12.5 Å². The number of hydrogen-bond donors (Lipinski definition) is 2. The minimum atomic E-state index is -0.451. The molecule has 1 aliphatic rings. The van der Waals surface area contributed by atoms with Crippen LogP contribution in [0, 0.1) is 0 Å². The molecule has 0 bridgehead atoms. The molecule has 2 aromatic heterocycles. The SMILES string of the molecule is C=c1occc1=C1NN=C(SCC(=O)NC(=O)c2cccn2C)O1. The molecule has 2 amide bonds. The third-order valence-electron chi connectivity index (χ3n) is 3.18. The zero-order valence-electron chi connectivity index (χ0n) is 12.7. The summed E-state index contributed by atoms with van der Waals surface area (Å²) < 4.78 is 12.2. The number of nitrogens with zero attached hydrogens (tertiary/aromatic N) is 2. The van der Waals surface area contributed by atoms with Crippen LogP contribution in [-0.4, -0.2) is 27.4 Å². The Kier molecular flexibility index (Phi) is 4.43. The number of hydrazone groups is 1. The van der Waals surface area contributed by atoms with Gasteiger partial charge in [0.15, 0.2) is 0 Å². The number of carbonyl (C=O) groups is 2. The second kappa shape index (κ2) is 6.67. The molecule has 3 rings (SSSR count). The highest BCUT2D eigenvalue weighted by molar-refractivity contribution is 8.14. The molecule has 0 saturated carbocycles. The first kappa shape index (κ1) is 15.9. The summed E-state index contributed by atoms with van der Waals surface area (Å²) in [5.74, 6) is -0.511. The van der Waals surface area contributed by atoms with Crippen molar-refractivity contribution < 1.29 is 18.7 Å². The van der Waals surface area contributed by atoms with Crippen molar-refractivity contribution in [2.75, 3.05) is 5.75 Å². The number of rotatable bonds is 3.